The highest BCUT2D eigenvalue weighted by Crippen LogP contribution is 2.28. The predicted octanol–water partition coefficient (Wildman–Crippen LogP) is 0.964. The lowest BCUT2D eigenvalue weighted by molar-refractivity contribution is -0.00799. The Morgan fingerprint density at radius 2 is 1.80 bits per heavy atom. The molecular weight excluding hydrogens is 276 g/mol. The van der Waals surface area contributed by atoms with Gasteiger partial charge in [0.2, 0.25) is 0 Å². The number of rotatable bonds is 3. The Kier molecular flexibility index (Phi) is 4.75. The van der Waals surface area contributed by atoms with Gasteiger partial charge in [0.1, 0.15) is 18.3 Å². The van der Waals surface area contributed by atoms with E-state index in [1.54, 1.807) is 7.11 Å². The molecule has 0 aromatic carbocycles. The van der Waals surface area contributed by atoms with Crippen LogP contribution in [0.25, 0.3) is 0 Å². The molecule has 5 nitrogen and oxygen atoms in total. The summed E-state index contributed by atoms with van der Waals surface area (Å²) in [6, 6.07) is 0.654. The first kappa shape index (κ1) is 14.5. The van der Waals surface area contributed by atoms with E-state index in [2.05, 4.69) is 10.6 Å². The second-order valence-electron chi connectivity index (χ2n) is 5.93. The molecule has 0 bridgehead atoms. The summed E-state index contributed by atoms with van der Waals surface area (Å²) in [5.74, 6) is 0. The first-order valence-electron chi connectivity index (χ1n) is 7.61. The van der Waals surface area contributed by atoms with Gasteiger partial charge in [0.15, 0.2) is 5.11 Å². The van der Waals surface area contributed by atoms with Crippen molar-refractivity contribution in [1.82, 2.24) is 10.6 Å². The molecule has 2 saturated heterocycles. The Morgan fingerprint density at radius 1 is 1.05 bits per heavy atom. The number of nitrogens with one attached hydrogen (secondary N) is 2. The molecule has 2 aliphatic heterocycles. The SMILES string of the molecule is COC1COC2C(NC(=S)NC3CCCCC3)COC12. The number of methoxy groups -OCH3 is 1. The van der Waals surface area contributed by atoms with Gasteiger partial charge < -0.3 is 24.8 Å². The number of fused-ring (bicyclic) bond motifs is 1. The summed E-state index contributed by atoms with van der Waals surface area (Å²) in [6.07, 6.45) is 6.53. The van der Waals surface area contributed by atoms with Gasteiger partial charge in [-0.25, -0.2) is 0 Å². The van der Waals surface area contributed by atoms with Crippen molar-refractivity contribution < 1.29 is 14.2 Å². The molecule has 1 aliphatic carbocycles. The fourth-order valence-electron chi connectivity index (χ4n) is 3.43. The maximum atomic E-state index is 5.78. The summed E-state index contributed by atoms with van der Waals surface area (Å²) in [6.45, 7) is 1.23. The van der Waals surface area contributed by atoms with Crippen molar-refractivity contribution in [2.75, 3.05) is 20.3 Å². The Bertz CT molecular complexity index is 349. The molecule has 6 heteroatoms. The number of hydrogen-bond acceptors (Lipinski definition) is 4. The van der Waals surface area contributed by atoms with E-state index in [-0.39, 0.29) is 24.4 Å². The van der Waals surface area contributed by atoms with Crippen LogP contribution in [-0.4, -0.2) is 55.8 Å². The normalized spacial score (nSPS) is 37.6. The zero-order valence-corrected chi connectivity index (χ0v) is 12.8. The molecule has 2 heterocycles. The van der Waals surface area contributed by atoms with Crippen molar-refractivity contribution in [1.29, 1.82) is 0 Å². The van der Waals surface area contributed by atoms with Gasteiger partial charge in [-0.1, -0.05) is 19.3 Å². The molecule has 4 unspecified atom stereocenters. The average molecular weight is 300 g/mol. The van der Waals surface area contributed by atoms with Crippen LogP contribution in [0.1, 0.15) is 32.1 Å². The molecule has 0 amide bonds. The van der Waals surface area contributed by atoms with E-state index in [4.69, 9.17) is 26.4 Å². The van der Waals surface area contributed by atoms with Crippen LogP contribution < -0.4 is 10.6 Å². The maximum absolute atomic E-state index is 5.78. The summed E-state index contributed by atoms with van der Waals surface area (Å²) in [4.78, 5) is 0. The molecule has 114 valence electrons. The van der Waals surface area contributed by atoms with Crippen molar-refractivity contribution in [3.05, 3.63) is 0 Å². The van der Waals surface area contributed by atoms with Gasteiger partial charge in [-0.15, -0.1) is 0 Å². The largest absolute Gasteiger partial charge is 0.376 e. The van der Waals surface area contributed by atoms with Crippen LogP contribution in [0, 0.1) is 0 Å². The third-order valence-corrected chi connectivity index (χ3v) is 4.80. The van der Waals surface area contributed by atoms with Gasteiger partial charge in [0, 0.05) is 13.2 Å². The van der Waals surface area contributed by atoms with Crippen LogP contribution in [0.5, 0.6) is 0 Å². The zero-order valence-electron chi connectivity index (χ0n) is 12.0. The van der Waals surface area contributed by atoms with Gasteiger partial charge in [-0.05, 0) is 25.1 Å². The molecule has 0 spiro atoms. The molecular formula is C14H24N2O3S. The van der Waals surface area contributed by atoms with Crippen LogP contribution in [0.2, 0.25) is 0 Å². The topological polar surface area (TPSA) is 51.8 Å². The Morgan fingerprint density at radius 3 is 2.55 bits per heavy atom. The number of hydrogen-bond donors (Lipinski definition) is 2. The quantitative estimate of drug-likeness (QED) is 0.758. The second-order valence-corrected chi connectivity index (χ2v) is 6.34. The summed E-state index contributed by atoms with van der Waals surface area (Å²) >= 11 is 5.42. The third-order valence-electron chi connectivity index (χ3n) is 4.57. The maximum Gasteiger partial charge on any atom is 0.166 e. The lowest BCUT2D eigenvalue weighted by atomic mass is 9.96. The lowest BCUT2D eigenvalue weighted by Crippen LogP contribution is -2.50. The van der Waals surface area contributed by atoms with Crippen LogP contribution >= 0.6 is 12.2 Å². The average Bonchev–Trinajstić information content (AvgIpc) is 3.02. The molecule has 3 aliphatic rings. The molecule has 2 N–H and O–H groups in total. The van der Waals surface area contributed by atoms with E-state index in [1.807, 2.05) is 0 Å². The number of ether oxygens (including phenoxy) is 3. The molecule has 0 aromatic heterocycles. The fourth-order valence-corrected chi connectivity index (χ4v) is 3.75. The molecule has 1 saturated carbocycles. The minimum Gasteiger partial charge on any atom is -0.376 e. The molecule has 4 atom stereocenters. The van der Waals surface area contributed by atoms with E-state index in [1.165, 1.54) is 32.1 Å². The standard InChI is InChI=1S/C14H24N2O3S/c1-17-11-8-19-12-10(7-18-13(11)12)16-14(20)15-9-5-3-2-4-6-9/h9-13H,2-8H2,1H3,(H2,15,16,20). The Hall–Kier alpha value is -0.430. The monoisotopic (exact) mass is 300 g/mol. The van der Waals surface area contributed by atoms with Crippen LogP contribution in [0.3, 0.4) is 0 Å². The minimum atomic E-state index is 0.0370. The van der Waals surface area contributed by atoms with Gasteiger partial charge in [0.25, 0.3) is 0 Å². The molecule has 3 fully saturated rings. The van der Waals surface area contributed by atoms with Crippen molar-refractivity contribution in [3.63, 3.8) is 0 Å². The second kappa shape index (κ2) is 6.56. The van der Waals surface area contributed by atoms with Gasteiger partial charge in [-0.2, -0.15) is 0 Å². The summed E-state index contributed by atoms with van der Waals surface area (Å²) in [5, 5.41) is 7.52. The molecule has 0 radical (unpaired) electrons. The van der Waals surface area contributed by atoms with Crippen LogP contribution in [0.4, 0.5) is 0 Å². The highest BCUT2D eigenvalue weighted by atomic mass is 32.1. The summed E-state index contributed by atoms with van der Waals surface area (Å²) in [7, 11) is 1.70. The highest BCUT2D eigenvalue weighted by molar-refractivity contribution is 7.80. The summed E-state index contributed by atoms with van der Waals surface area (Å²) in [5.41, 5.74) is 0. The van der Waals surface area contributed by atoms with Crippen molar-refractivity contribution >= 4 is 17.3 Å². The molecule has 20 heavy (non-hydrogen) atoms. The Balaban J connectivity index is 1.47. The first-order valence-corrected chi connectivity index (χ1v) is 8.02. The van der Waals surface area contributed by atoms with Crippen LogP contribution in [0.15, 0.2) is 0 Å². The first-order chi connectivity index (χ1) is 9.78. The molecule has 0 aromatic rings. The van der Waals surface area contributed by atoms with Gasteiger partial charge in [-0.3, -0.25) is 0 Å². The summed E-state index contributed by atoms with van der Waals surface area (Å²) < 4.78 is 16.9. The zero-order chi connectivity index (χ0) is 13.9. The minimum absolute atomic E-state index is 0.0370. The fraction of sp³-hybridized carbons (Fsp3) is 0.929. The van der Waals surface area contributed by atoms with E-state index in [0.29, 0.717) is 19.3 Å². The van der Waals surface area contributed by atoms with E-state index in [9.17, 15) is 0 Å². The van der Waals surface area contributed by atoms with Gasteiger partial charge in [0.05, 0.1) is 19.3 Å². The molecule has 3 rings (SSSR count). The van der Waals surface area contributed by atoms with Gasteiger partial charge >= 0.3 is 0 Å². The predicted molar refractivity (Wildman–Crippen MR) is 79.8 cm³/mol. The smallest absolute Gasteiger partial charge is 0.166 e. The Labute approximate surface area is 125 Å². The van der Waals surface area contributed by atoms with E-state index < -0.39 is 0 Å². The van der Waals surface area contributed by atoms with Crippen molar-refractivity contribution in [2.24, 2.45) is 0 Å². The van der Waals surface area contributed by atoms with Crippen molar-refractivity contribution in [3.8, 4) is 0 Å². The van der Waals surface area contributed by atoms with Crippen LogP contribution in [-0.2, 0) is 14.2 Å². The van der Waals surface area contributed by atoms with Crippen molar-refractivity contribution in [2.45, 2.75) is 62.5 Å². The highest BCUT2D eigenvalue weighted by Gasteiger charge is 2.48. The van der Waals surface area contributed by atoms with E-state index in [0.717, 1.165) is 5.11 Å². The lowest BCUT2D eigenvalue weighted by Gasteiger charge is -2.26. The number of thiocarbonyl (C=S) groups is 1. The van der Waals surface area contributed by atoms with E-state index >= 15 is 0 Å². The third kappa shape index (κ3) is 3.08.